The van der Waals surface area contributed by atoms with E-state index in [0.717, 1.165) is 16.2 Å². The molecule has 0 spiro atoms. The number of pyridine rings is 1. The van der Waals surface area contributed by atoms with Crippen LogP contribution in [0.5, 0.6) is 0 Å². The highest BCUT2D eigenvalue weighted by Crippen LogP contribution is 2.34. The molecule has 0 aliphatic rings. The third-order valence-electron chi connectivity index (χ3n) is 6.22. The summed E-state index contributed by atoms with van der Waals surface area (Å²) >= 11 is 13.1. The van der Waals surface area contributed by atoms with Gasteiger partial charge in [0.15, 0.2) is 0 Å². The van der Waals surface area contributed by atoms with Gasteiger partial charge in [0.25, 0.3) is 5.56 Å². The summed E-state index contributed by atoms with van der Waals surface area (Å²) in [6.45, 7) is 1.68. The molecule has 0 amide bonds. The van der Waals surface area contributed by atoms with E-state index in [2.05, 4.69) is 11.1 Å². The predicted octanol–water partition coefficient (Wildman–Crippen LogP) is 5.76. The van der Waals surface area contributed by atoms with Crippen molar-refractivity contribution >= 4 is 34.1 Å². The van der Waals surface area contributed by atoms with Gasteiger partial charge in [-0.05, 0) is 72.1 Å². The van der Waals surface area contributed by atoms with Crippen LogP contribution in [0.2, 0.25) is 10.0 Å². The molecule has 39 heavy (non-hydrogen) atoms. The number of rotatable bonds is 4. The standard InChI is InChI=1S/C29H16Cl2FN5O2/c1-16-6-21(14-35-13-16)37-28(38)27-24(31)9-19(22-8-17(11-33)2-4-23(22)30)10-26(27)36(29(37)39)15-18-3-5-25(32)20(7-18)12-34/h2-10,13-14H,15H2,1H3. The van der Waals surface area contributed by atoms with E-state index in [4.69, 9.17) is 23.2 Å². The first-order valence-electron chi connectivity index (χ1n) is 11.5. The van der Waals surface area contributed by atoms with E-state index in [1.54, 1.807) is 55.6 Å². The van der Waals surface area contributed by atoms with Gasteiger partial charge in [0, 0.05) is 16.8 Å². The molecule has 0 saturated heterocycles. The number of nitrogens with zero attached hydrogens (tertiary/aromatic N) is 5. The zero-order valence-corrected chi connectivity index (χ0v) is 21.8. The van der Waals surface area contributed by atoms with Gasteiger partial charge in [-0.15, -0.1) is 0 Å². The van der Waals surface area contributed by atoms with E-state index in [9.17, 15) is 24.5 Å². The fraction of sp³-hybridized carbons (Fsp3) is 0.0690. The van der Waals surface area contributed by atoms with Crippen molar-refractivity contribution in [2.75, 3.05) is 0 Å². The lowest BCUT2D eigenvalue weighted by molar-refractivity contribution is 0.621. The Bertz CT molecular complexity index is 2020. The highest BCUT2D eigenvalue weighted by molar-refractivity contribution is 6.36. The zero-order valence-electron chi connectivity index (χ0n) is 20.2. The van der Waals surface area contributed by atoms with Gasteiger partial charge in [-0.3, -0.25) is 14.3 Å². The Morgan fingerprint density at radius 2 is 1.74 bits per heavy atom. The second kappa shape index (κ2) is 10.2. The molecule has 3 aromatic carbocycles. The van der Waals surface area contributed by atoms with Crippen molar-refractivity contribution in [1.29, 1.82) is 10.5 Å². The van der Waals surface area contributed by atoms with E-state index in [0.29, 0.717) is 27.3 Å². The number of aryl methyl sites for hydroxylation is 1. The molecule has 2 heterocycles. The third-order valence-corrected chi connectivity index (χ3v) is 6.84. The molecule has 0 atom stereocenters. The average Bonchev–Trinajstić information content (AvgIpc) is 2.92. The summed E-state index contributed by atoms with van der Waals surface area (Å²) in [7, 11) is 0. The first-order chi connectivity index (χ1) is 18.7. The maximum absolute atomic E-state index is 14.0. The largest absolute Gasteiger partial charge is 0.336 e. The van der Waals surface area contributed by atoms with Crippen LogP contribution in [0.25, 0.3) is 27.7 Å². The second-order valence-electron chi connectivity index (χ2n) is 8.81. The molecule has 0 bridgehead atoms. The molecule has 0 saturated carbocycles. The Hall–Kier alpha value is -4.76. The summed E-state index contributed by atoms with van der Waals surface area (Å²) in [5, 5.41) is 19.1. The molecule has 190 valence electrons. The maximum Gasteiger partial charge on any atom is 0.336 e. The minimum atomic E-state index is -0.688. The van der Waals surface area contributed by atoms with Crippen LogP contribution in [0, 0.1) is 35.4 Å². The lowest BCUT2D eigenvalue weighted by Gasteiger charge is -2.17. The lowest BCUT2D eigenvalue weighted by Crippen LogP contribution is -2.39. The van der Waals surface area contributed by atoms with Crippen LogP contribution < -0.4 is 11.2 Å². The molecule has 10 heteroatoms. The van der Waals surface area contributed by atoms with Crippen LogP contribution in [0.3, 0.4) is 0 Å². The fourth-order valence-corrected chi connectivity index (χ4v) is 4.91. The number of nitriles is 2. The first-order valence-corrected chi connectivity index (χ1v) is 12.3. The molecule has 5 rings (SSSR count). The van der Waals surface area contributed by atoms with Crippen LogP contribution in [0.15, 0.2) is 76.6 Å². The summed E-state index contributed by atoms with van der Waals surface area (Å²) in [5.41, 5.74) is 1.45. The number of halogens is 3. The molecule has 0 fully saturated rings. The molecular formula is C29H16Cl2FN5O2. The molecule has 0 radical (unpaired) electrons. The summed E-state index contributed by atoms with van der Waals surface area (Å²) in [4.78, 5) is 31.7. The Kier molecular flexibility index (Phi) is 6.76. The number of aromatic nitrogens is 3. The van der Waals surface area contributed by atoms with Gasteiger partial charge in [0.2, 0.25) is 0 Å². The molecule has 2 aromatic heterocycles. The third kappa shape index (κ3) is 4.68. The van der Waals surface area contributed by atoms with Crippen molar-refractivity contribution < 1.29 is 4.39 Å². The monoisotopic (exact) mass is 555 g/mol. The van der Waals surface area contributed by atoms with Gasteiger partial charge in [-0.25, -0.2) is 13.8 Å². The zero-order chi connectivity index (χ0) is 27.8. The van der Waals surface area contributed by atoms with Crippen molar-refractivity contribution in [1.82, 2.24) is 14.1 Å². The Morgan fingerprint density at radius 3 is 2.46 bits per heavy atom. The highest BCUT2D eigenvalue weighted by atomic mass is 35.5. The normalized spacial score (nSPS) is 10.8. The van der Waals surface area contributed by atoms with Crippen LogP contribution in [0.4, 0.5) is 4.39 Å². The van der Waals surface area contributed by atoms with Crippen LogP contribution >= 0.6 is 23.2 Å². The molecule has 0 unspecified atom stereocenters. The summed E-state index contributed by atoms with van der Waals surface area (Å²) in [6.07, 6.45) is 2.99. The fourth-order valence-electron chi connectivity index (χ4n) is 4.39. The maximum atomic E-state index is 14.0. The van der Waals surface area contributed by atoms with Gasteiger partial charge in [0.05, 0.1) is 51.6 Å². The molecule has 7 nitrogen and oxygen atoms in total. The summed E-state index contributed by atoms with van der Waals surface area (Å²) in [6, 6.07) is 17.3. The van der Waals surface area contributed by atoms with Gasteiger partial charge < -0.3 is 0 Å². The Labute approximate surface area is 231 Å². The number of fused-ring (bicyclic) bond motifs is 1. The second-order valence-corrected chi connectivity index (χ2v) is 9.63. The van der Waals surface area contributed by atoms with Gasteiger partial charge in [-0.2, -0.15) is 10.5 Å². The lowest BCUT2D eigenvalue weighted by atomic mass is 10.0. The molecule has 0 aliphatic heterocycles. The molecular weight excluding hydrogens is 540 g/mol. The van der Waals surface area contributed by atoms with Gasteiger partial charge >= 0.3 is 5.69 Å². The first kappa shape index (κ1) is 25.9. The van der Waals surface area contributed by atoms with E-state index < -0.39 is 17.1 Å². The predicted molar refractivity (Wildman–Crippen MR) is 147 cm³/mol. The number of hydrogen-bond donors (Lipinski definition) is 0. The Balaban J connectivity index is 1.87. The van der Waals surface area contributed by atoms with Crippen molar-refractivity contribution in [3.05, 3.63) is 126 Å². The quantitative estimate of drug-likeness (QED) is 0.280. The molecule has 0 N–H and O–H groups in total. The number of hydrogen-bond acceptors (Lipinski definition) is 5. The minimum Gasteiger partial charge on any atom is -0.288 e. The molecule has 0 aliphatic carbocycles. The highest BCUT2D eigenvalue weighted by Gasteiger charge is 2.20. The minimum absolute atomic E-state index is 0.0610. The van der Waals surface area contributed by atoms with Crippen LogP contribution in [-0.4, -0.2) is 14.1 Å². The van der Waals surface area contributed by atoms with Crippen molar-refractivity contribution in [3.63, 3.8) is 0 Å². The van der Waals surface area contributed by atoms with Crippen molar-refractivity contribution in [2.45, 2.75) is 13.5 Å². The summed E-state index contributed by atoms with van der Waals surface area (Å²) < 4.78 is 16.3. The van der Waals surface area contributed by atoms with E-state index in [1.165, 1.54) is 22.9 Å². The van der Waals surface area contributed by atoms with Gasteiger partial charge in [0.1, 0.15) is 11.9 Å². The van der Waals surface area contributed by atoms with E-state index in [-0.39, 0.29) is 33.7 Å². The Morgan fingerprint density at radius 1 is 0.949 bits per heavy atom. The van der Waals surface area contributed by atoms with E-state index in [1.807, 2.05) is 0 Å². The smallest absolute Gasteiger partial charge is 0.288 e. The van der Waals surface area contributed by atoms with Crippen molar-refractivity contribution in [3.8, 4) is 29.0 Å². The van der Waals surface area contributed by atoms with E-state index >= 15 is 0 Å². The van der Waals surface area contributed by atoms with Crippen LogP contribution in [-0.2, 0) is 6.54 Å². The average molecular weight is 556 g/mol. The molecule has 5 aromatic rings. The number of benzene rings is 3. The van der Waals surface area contributed by atoms with Crippen molar-refractivity contribution in [2.24, 2.45) is 0 Å². The SMILES string of the molecule is Cc1cncc(-n2c(=O)c3c(Cl)cc(-c4cc(C#N)ccc4Cl)cc3n(Cc3ccc(F)c(C#N)c3)c2=O)c1. The van der Waals surface area contributed by atoms with Crippen LogP contribution in [0.1, 0.15) is 22.3 Å². The van der Waals surface area contributed by atoms with Gasteiger partial charge in [-0.1, -0.05) is 29.3 Å². The summed E-state index contributed by atoms with van der Waals surface area (Å²) in [5.74, 6) is -0.688. The topological polar surface area (TPSA) is 104 Å².